The molecular weight excluding hydrogens is 252 g/mol. The van der Waals surface area contributed by atoms with E-state index in [2.05, 4.69) is 4.90 Å². The molecule has 2 aromatic rings. The van der Waals surface area contributed by atoms with Crippen LogP contribution in [0, 0.1) is 0 Å². The van der Waals surface area contributed by atoms with Crippen molar-refractivity contribution in [1.29, 1.82) is 0 Å². The van der Waals surface area contributed by atoms with Gasteiger partial charge < -0.3 is 14.7 Å². The Morgan fingerprint density at radius 1 is 1.30 bits per heavy atom. The van der Waals surface area contributed by atoms with Crippen molar-refractivity contribution in [1.82, 2.24) is 4.98 Å². The molecule has 1 aromatic heterocycles. The van der Waals surface area contributed by atoms with E-state index in [1.807, 2.05) is 30.3 Å². The van der Waals surface area contributed by atoms with Gasteiger partial charge in [-0.25, -0.2) is 4.98 Å². The summed E-state index contributed by atoms with van der Waals surface area (Å²) in [6.07, 6.45) is 2.42. The molecule has 1 aliphatic heterocycles. The minimum atomic E-state index is 0.0462. The minimum absolute atomic E-state index is 0.0462. The summed E-state index contributed by atoms with van der Waals surface area (Å²) < 4.78 is 5.40. The molecule has 4 nitrogen and oxygen atoms in total. The number of piperidine rings is 1. The molecule has 2 heterocycles. The van der Waals surface area contributed by atoms with Crippen LogP contribution >= 0.6 is 0 Å². The fourth-order valence-corrected chi connectivity index (χ4v) is 2.85. The Morgan fingerprint density at radius 2 is 2.05 bits per heavy atom. The molecule has 0 aliphatic carbocycles. The van der Waals surface area contributed by atoms with Gasteiger partial charge in [-0.2, -0.15) is 0 Å². The van der Waals surface area contributed by atoms with Gasteiger partial charge in [0.2, 0.25) is 0 Å². The average Bonchev–Trinajstić information content (AvgIpc) is 2.54. The number of aliphatic hydroxyl groups is 1. The predicted octanol–water partition coefficient (Wildman–Crippen LogP) is 2.34. The van der Waals surface area contributed by atoms with E-state index in [1.54, 1.807) is 7.11 Å². The van der Waals surface area contributed by atoms with Gasteiger partial charge in [-0.3, -0.25) is 0 Å². The lowest BCUT2D eigenvalue weighted by Crippen LogP contribution is -2.37. The first kappa shape index (κ1) is 13.3. The summed E-state index contributed by atoms with van der Waals surface area (Å²) in [7, 11) is 1.78. The third-order valence-corrected chi connectivity index (χ3v) is 4.06. The lowest BCUT2D eigenvalue weighted by molar-refractivity contribution is 0.0818. The molecule has 0 spiro atoms. The maximum Gasteiger partial charge on any atom is 0.129 e. The van der Waals surface area contributed by atoms with E-state index >= 15 is 0 Å². The van der Waals surface area contributed by atoms with Crippen molar-refractivity contribution in [2.75, 3.05) is 25.1 Å². The molecule has 1 N–H and O–H groups in total. The van der Waals surface area contributed by atoms with Gasteiger partial charge in [0.15, 0.2) is 0 Å². The molecule has 0 unspecified atom stereocenters. The normalized spacial score (nSPS) is 16.8. The molecule has 3 rings (SSSR count). The fourth-order valence-electron chi connectivity index (χ4n) is 2.85. The number of para-hydroxylation sites is 1. The first-order valence-electron chi connectivity index (χ1n) is 7.09. The van der Waals surface area contributed by atoms with E-state index in [4.69, 9.17) is 9.72 Å². The number of benzene rings is 1. The molecule has 0 atom stereocenters. The van der Waals surface area contributed by atoms with Crippen molar-refractivity contribution in [3.05, 3.63) is 35.9 Å². The third kappa shape index (κ3) is 2.49. The summed E-state index contributed by atoms with van der Waals surface area (Å²) in [5.41, 5.74) is 1.89. The van der Waals surface area contributed by atoms with Crippen molar-refractivity contribution in [3.8, 4) is 0 Å². The van der Waals surface area contributed by atoms with Crippen molar-refractivity contribution < 1.29 is 9.84 Å². The molecule has 1 aliphatic rings. The van der Waals surface area contributed by atoms with E-state index in [-0.39, 0.29) is 6.61 Å². The summed E-state index contributed by atoms with van der Waals surface area (Å²) in [5, 5.41) is 10.6. The second-order valence-corrected chi connectivity index (χ2v) is 5.24. The molecule has 1 fully saturated rings. The summed E-state index contributed by atoms with van der Waals surface area (Å²) in [5.74, 6) is 0.960. The maximum atomic E-state index is 9.57. The smallest absolute Gasteiger partial charge is 0.129 e. The lowest BCUT2D eigenvalue weighted by Gasteiger charge is -2.32. The zero-order valence-electron chi connectivity index (χ0n) is 11.7. The molecule has 4 heteroatoms. The van der Waals surface area contributed by atoms with Crippen LogP contribution in [0.2, 0.25) is 0 Å². The SMILES string of the molecule is COC1CCN(c2cc(CO)c3ccccc3n2)CC1. The highest BCUT2D eigenvalue weighted by Gasteiger charge is 2.20. The monoisotopic (exact) mass is 272 g/mol. The van der Waals surface area contributed by atoms with E-state index in [1.165, 1.54) is 0 Å². The number of aliphatic hydroxyl groups excluding tert-OH is 1. The Hall–Kier alpha value is -1.65. The molecule has 20 heavy (non-hydrogen) atoms. The number of hydrogen-bond acceptors (Lipinski definition) is 4. The van der Waals surface area contributed by atoms with E-state index < -0.39 is 0 Å². The number of nitrogens with zero attached hydrogens (tertiary/aromatic N) is 2. The van der Waals surface area contributed by atoms with Crippen molar-refractivity contribution in [2.45, 2.75) is 25.6 Å². The Balaban J connectivity index is 1.92. The summed E-state index contributed by atoms with van der Waals surface area (Å²) in [4.78, 5) is 7.01. The summed E-state index contributed by atoms with van der Waals surface area (Å²) in [6, 6.07) is 9.98. The largest absolute Gasteiger partial charge is 0.392 e. The van der Waals surface area contributed by atoms with Gasteiger partial charge in [0.05, 0.1) is 18.2 Å². The van der Waals surface area contributed by atoms with Gasteiger partial charge in [0.1, 0.15) is 5.82 Å². The van der Waals surface area contributed by atoms with Crippen LogP contribution in [0.1, 0.15) is 18.4 Å². The molecule has 0 saturated carbocycles. The molecular formula is C16H20N2O2. The van der Waals surface area contributed by atoms with Crippen molar-refractivity contribution in [3.63, 3.8) is 0 Å². The Labute approximate surface area is 119 Å². The second kappa shape index (κ2) is 5.77. The topological polar surface area (TPSA) is 45.6 Å². The average molecular weight is 272 g/mol. The zero-order valence-corrected chi connectivity index (χ0v) is 11.7. The quantitative estimate of drug-likeness (QED) is 0.931. The van der Waals surface area contributed by atoms with Crippen molar-refractivity contribution in [2.24, 2.45) is 0 Å². The van der Waals surface area contributed by atoms with Gasteiger partial charge in [0.25, 0.3) is 0 Å². The Bertz CT molecular complexity index is 592. The lowest BCUT2D eigenvalue weighted by atomic mass is 10.1. The molecule has 1 saturated heterocycles. The number of rotatable bonds is 3. The highest BCUT2D eigenvalue weighted by atomic mass is 16.5. The van der Waals surface area contributed by atoms with Crippen molar-refractivity contribution >= 4 is 16.7 Å². The Morgan fingerprint density at radius 3 is 2.75 bits per heavy atom. The van der Waals surface area contributed by atoms with Gasteiger partial charge >= 0.3 is 0 Å². The van der Waals surface area contributed by atoms with Crippen LogP contribution in [0.15, 0.2) is 30.3 Å². The van der Waals surface area contributed by atoms with Gasteiger partial charge in [-0.15, -0.1) is 0 Å². The first-order valence-corrected chi connectivity index (χ1v) is 7.09. The van der Waals surface area contributed by atoms with Crippen LogP contribution in [0.3, 0.4) is 0 Å². The zero-order chi connectivity index (χ0) is 13.9. The number of methoxy groups -OCH3 is 1. The van der Waals surface area contributed by atoms with Crippen LogP contribution in [-0.4, -0.2) is 36.4 Å². The minimum Gasteiger partial charge on any atom is -0.392 e. The van der Waals surface area contributed by atoms with Crippen LogP contribution in [0.25, 0.3) is 10.9 Å². The third-order valence-electron chi connectivity index (χ3n) is 4.06. The number of hydrogen-bond donors (Lipinski definition) is 1. The fraction of sp³-hybridized carbons (Fsp3) is 0.438. The second-order valence-electron chi connectivity index (χ2n) is 5.24. The van der Waals surface area contributed by atoms with Gasteiger partial charge in [-0.1, -0.05) is 18.2 Å². The number of ether oxygens (including phenoxy) is 1. The molecule has 106 valence electrons. The number of aromatic nitrogens is 1. The van der Waals surface area contributed by atoms with Gasteiger partial charge in [-0.05, 0) is 30.5 Å². The van der Waals surface area contributed by atoms with Crippen LogP contribution in [0.5, 0.6) is 0 Å². The van der Waals surface area contributed by atoms with Crippen LogP contribution in [-0.2, 0) is 11.3 Å². The van der Waals surface area contributed by atoms with Crippen LogP contribution < -0.4 is 4.90 Å². The van der Waals surface area contributed by atoms with E-state index in [9.17, 15) is 5.11 Å². The van der Waals surface area contributed by atoms with Gasteiger partial charge in [0, 0.05) is 25.6 Å². The number of fused-ring (bicyclic) bond motifs is 1. The standard InChI is InChI=1S/C16H20N2O2/c1-20-13-6-8-18(9-7-13)16-10-12(11-19)14-4-2-3-5-15(14)17-16/h2-5,10,13,19H,6-9,11H2,1H3. The van der Waals surface area contributed by atoms with Crippen LogP contribution in [0.4, 0.5) is 5.82 Å². The Kier molecular flexibility index (Phi) is 3.85. The molecule has 1 aromatic carbocycles. The summed E-state index contributed by atoms with van der Waals surface area (Å²) in [6.45, 7) is 1.95. The maximum absolute atomic E-state index is 9.57. The number of pyridine rings is 1. The molecule has 0 bridgehead atoms. The van der Waals surface area contributed by atoms with E-state index in [0.29, 0.717) is 6.10 Å². The molecule has 0 amide bonds. The van der Waals surface area contributed by atoms with E-state index in [0.717, 1.165) is 48.2 Å². The first-order chi connectivity index (χ1) is 9.81. The highest BCUT2D eigenvalue weighted by Crippen LogP contribution is 2.25. The summed E-state index contributed by atoms with van der Waals surface area (Å²) >= 11 is 0. The number of anilines is 1. The highest BCUT2D eigenvalue weighted by molar-refractivity contribution is 5.84. The molecule has 0 radical (unpaired) electrons. The predicted molar refractivity (Wildman–Crippen MR) is 79.9 cm³/mol.